The molecule has 0 heterocycles. The first-order valence-electron chi connectivity index (χ1n) is 6.65. The van der Waals surface area contributed by atoms with Crippen LogP contribution in [0.5, 0.6) is 5.75 Å². The van der Waals surface area contributed by atoms with Gasteiger partial charge in [0, 0.05) is 10.0 Å². The lowest BCUT2D eigenvalue weighted by molar-refractivity contribution is -0.132. The topological polar surface area (TPSA) is 75.6 Å². The third-order valence-electron chi connectivity index (χ3n) is 2.99. The second-order valence-corrected chi connectivity index (χ2v) is 5.52. The second kappa shape index (κ2) is 7.60. The van der Waals surface area contributed by atoms with E-state index in [9.17, 15) is 14.7 Å². The minimum atomic E-state index is -1.22. The molecule has 0 atom stereocenters. The van der Waals surface area contributed by atoms with E-state index in [1.807, 2.05) is 0 Å². The third kappa shape index (κ3) is 4.69. The molecule has 118 valence electrons. The number of carbonyl (C=O) groups is 2. The van der Waals surface area contributed by atoms with E-state index in [0.717, 1.165) is 4.47 Å². The standard InChI is InChI=1S/C17H14BrNO4/c1-23-14-7-5-11(6-8-14)9-15(17(21)22)19-16(20)12-3-2-4-13(18)10-12/h2-10H,1H3,(H,19,20)(H,21,22)/b15-9-. The Morgan fingerprint density at radius 3 is 2.43 bits per heavy atom. The van der Waals surface area contributed by atoms with E-state index in [1.165, 1.54) is 6.08 Å². The Labute approximate surface area is 141 Å². The van der Waals surface area contributed by atoms with Crippen LogP contribution in [-0.2, 0) is 4.79 Å². The van der Waals surface area contributed by atoms with Crippen molar-refractivity contribution in [1.29, 1.82) is 0 Å². The predicted molar refractivity (Wildman–Crippen MR) is 90.2 cm³/mol. The molecule has 0 bridgehead atoms. The number of benzene rings is 2. The van der Waals surface area contributed by atoms with Gasteiger partial charge in [-0.15, -0.1) is 0 Å². The number of carboxylic acid groups (broad SMARTS) is 1. The Morgan fingerprint density at radius 2 is 1.87 bits per heavy atom. The first kappa shape index (κ1) is 16.8. The first-order valence-corrected chi connectivity index (χ1v) is 7.45. The van der Waals surface area contributed by atoms with Crippen LogP contribution in [0.1, 0.15) is 15.9 Å². The summed E-state index contributed by atoms with van der Waals surface area (Å²) in [4.78, 5) is 23.5. The highest BCUT2D eigenvalue weighted by molar-refractivity contribution is 9.10. The van der Waals surface area contributed by atoms with Crippen molar-refractivity contribution in [3.05, 3.63) is 69.8 Å². The van der Waals surface area contributed by atoms with Gasteiger partial charge in [-0.05, 0) is 42.0 Å². The zero-order chi connectivity index (χ0) is 16.8. The maximum absolute atomic E-state index is 12.1. The fourth-order valence-corrected chi connectivity index (χ4v) is 2.24. The zero-order valence-corrected chi connectivity index (χ0v) is 13.8. The van der Waals surface area contributed by atoms with E-state index >= 15 is 0 Å². The van der Waals surface area contributed by atoms with Crippen LogP contribution in [-0.4, -0.2) is 24.1 Å². The molecule has 0 saturated carbocycles. The lowest BCUT2D eigenvalue weighted by Gasteiger charge is -2.07. The van der Waals surface area contributed by atoms with Gasteiger partial charge in [-0.2, -0.15) is 0 Å². The minimum absolute atomic E-state index is 0.208. The first-order chi connectivity index (χ1) is 11.0. The summed E-state index contributed by atoms with van der Waals surface area (Å²) in [6.07, 6.45) is 1.39. The Balaban J connectivity index is 2.22. The molecule has 2 rings (SSSR count). The number of methoxy groups -OCH3 is 1. The summed E-state index contributed by atoms with van der Waals surface area (Å²) in [6.45, 7) is 0. The lowest BCUT2D eigenvalue weighted by Crippen LogP contribution is -2.27. The van der Waals surface area contributed by atoms with Gasteiger partial charge in [0.05, 0.1) is 7.11 Å². The molecule has 6 heteroatoms. The zero-order valence-electron chi connectivity index (χ0n) is 12.2. The Morgan fingerprint density at radius 1 is 1.17 bits per heavy atom. The molecular weight excluding hydrogens is 362 g/mol. The number of aliphatic carboxylic acids is 1. The van der Waals surface area contributed by atoms with Crippen molar-refractivity contribution in [1.82, 2.24) is 5.32 Å². The number of rotatable bonds is 5. The van der Waals surface area contributed by atoms with Gasteiger partial charge in [-0.25, -0.2) is 4.79 Å². The molecule has 0 aliphatic rings. The van der Waals surface area contributed by atoms with Crippen LogP contribution in [0.4, 0.5) is 0 Å². The van der Waals surface area contributed by atoms with Gasteiger partial charge >= 0.3 is 5.97 Å². The second-order valence-electron chi connectivity index (χ2n) is 4.60. The van der Waals surface area contributed by atoms with Gasteiger partial charge in [0.1, 0.15) is 11.4 Å². The third-order valence-corrected chi connectivity index (χ3v) is 3.49. The van der Waals surface area contributed by atoms with E-state index in [2.05, 4.69) is 21.2 Å². The van der Waals surface area contributed by atoms with Crippen LogP contribution in [0.2, 0.25) is 0 Å². The fraction of sp³-hybridized carbons (Fsp3) is 0.0588. The van der Waals surface area contributed by atoms with Crippen LogP contribution in [0.15, 0.2) is 58.7 Å². The van der Waals surface area contributed by atoms with Gasteiger partial charge in [-0.3, -0.25) is 4.79 Å². The summed E-state index contributed by atoms with van der Waals surface area (Å²) in [7, 11) is 1.55. The molecule has 0 fully saturated rings. The molecule has 0 aliphatic carbocycles. The molecule has 1 amide bonds. The molecule has 5 nitrogen and oxygen atoms in total. The van der Waals surface area contributed by atoms with Gasteiger partial charge in [0.15, 0.2) is 0 Å². The van der Waals surface area contributed by atoms with Gasteiger partial charge in [0.25, 0.3) is 5.91 Å². The SMILES string of the molecule is COc1ccc(/C=C(\NC(=O)c2cccc(Br)c2)C(=O)O)cc1. The van der Waals surface area contributed by atoms with Gasteiger partial charge < -0.3 is 15.2 Å². The van der Waals surface area contributed by atoms with Gasteiger partial charge in [0.2, 0.25) is 0 Å². The molecule has 2 N–H and O–H groups in total. The summed E-state index contributed by atoms with van der Waals surface area (Å²) >= 11 is 3.27. The van der Waals surface area contributed by atoms with Crippen molar-refractivity contribution in [2.24, 2.45) is 0 Å². The Kier molecular flexibility index (Phi) is 5.54. The van der Waals surface area contributed by atoms with Crippen molar-refractivity contribution >= 4 is 33.9 Å². The minimum Gasteiger partial charge on any atom is -0.497 e. The molecule has 23 heavy (non-hydrogen) atoms. The normalized spacial score (nSPS) is 11.0. The maximum Gasteiger partial charge on any atom is 0.352 e. The monoisotopic (exact) mass is 375 g/mol. The number of hydrogen-bond acceptors (Lipinski definition) is 3. The van der Waals surface area contributed by atoms with Crippen LogP contribution in [0, 0.1) is 0 Å². The number of nitrogens with one attached hydrogen (secondary N) is 1. The maximum atomic E-state index is 12.1. The predicted octanol–water partition coefficient (Wildman–Crippen LogP) is 3.31. The van der Waals surface area contributed by atoms with Crippen molar-refractivity contribution in [3.63, 3.8) is 0 Å². The number of hydrogen-bond donors (Lipinski definition) is 2. The van der Waals surface area contributed by atoms with E-state index < -0.39 is 11.9 Å². The molecule has 0 aliphatic heterocycles. The average molecular weight is 376 g/mol. The Bertz CT molecular complexity index is 753. The molecule has 0 unspecified atom stereocenters. The Hall–Kier alpha value is -2.60. The number of amides is 1. The van der Waals surface area contributed by atoms with Crippen LogP contribution in [0.3, 0.4) is 0 Å². The number of halogens is 1. The molecule has 2 aromatic carbocycles. The van der Waals surface area contributed by atoms with E-state index in [0.29, 0.717) is 16.9 Å². The molecule has 2 aromatic rings. The molecule has 0 aromatic heterocycles. The fourth-order valence-electron chi connectivity index (χ4n) is 1.84. The van der Waals surface area contributed by atoms with Crippen LogP contribution >= 0.6 is 15.9 Å². The summed E-state index contributed by atoms with van der Waals surface area (Å²) in [5.41, 5.74) is 0.791. The van der Waals surface area contributed by atoms with Crippen LogP contribution < -0.4 is 10.1 Å². The van der Waals surface area contributed by atoms with Crippen LogP contribution in [0.25, 0.3) is 6.08 Å². The summed E-state index contributed by atoms with van der Waals surface area (Å²) in [5, 5.41) is 11.7. The number of ether oxygens (including phenoxy) is 1. The van der Waals surface area contributed by atoms with Crippen molar-refractivity contribution in [2.75, 3.05) is 7.11 Å². The summed E-state index contributed by atoms with van der Waals surface area (Å²) in [5.74, 6) is -1.05. The smallest absolute Gasteiger partial charge is 0.352 e. The van der Waals surface area contributed by atoms with E-state index in [1.54, 1.807) is 55.6 Å². The van der Waals surface area contributed by atoms with E-state index in [-0.39, 0.29) is 5.70 Å². The molecular formula is C17H14BrNO4. The lowest BCUT2D eigenvalue weighted by atomic mass is 10.1. The highest BCUT2D eigenvalue weighted by atomic mass is 79.9. The van der Waals surface area contributed by atoms with E-state index in [4.69, 9.17) is 4.74 Å². The quantitative estimate of drug-likeness (QED) is 0.786. The highest BCUT2D eigenvalue weighted by Crippen LogP contribution is 2.15. The largest absolute Gasteiger partial charge is 0.497 e. The summed E-state index contributed by atoms with van der Waals surface area (Å²) < 4.78 is 5.78. The van der Waals surface area contributed by atoms with Crippen molar-refractivity contribution < 1.29 is 19.4 Å². The molecule has 0 spiro atoms. The van der Waals surface area contributed by atoms with Gasteiger partial charge in [-0.1, -0.05) is 34.1 Å². The number of carbonyl (C=O) groups excluding carboxylic acids is 1. The average Bonchev–Trinajstić information content (AvgIpc) is 2.54. The summed E-state index contributed by atoms with van der Waals surface area (Å²) in [6, 6.07) is 13.5. The van der Waals surface area contributed by atoms with Crippen molar-refractivity contribution in [2.45, 2.75) is 0 Å². The van der Waals surface area contributed by atoms with Crippen molar-refractivity contribution in [3.8, 4) is 5.75 Å². The molecule has 0 saturated heterocycles. The highest BCUT2D eigenvalue weighted by Gasteiger charge is 2.13. The molecule has 0 radical (unpaired) electrons. The number of carboxylic acids is 1.